The van der Waals surface area contributed by atoms with Crippen molar-refractivity contribution in [1.29, 1.82) is 0 Å². The largest absolute Gasteiger partial charge is 0.479 e. The first kappa shape index (κ1) is 12.4. The summed E-state index contributed by atoms with van der Waals surface area (Å²) in [5.74, 6) is 0.164. The molecule has 1 aliphatic heterocycles. The maximum absolute atomic E-state index is 11.5. The molecule has 0 saturated carbocycles. The van der Waals surface area contributed by atoms with Crippen molar-refractivity contribution >= 4 is 17.5 Å². The number of benzene rings is 1. The van der Waals surface area contributed by atoms with Gasteiger partial charge in [0.1, 0.15) is 5.75 Å². The van der Waals surface area contributed by atoms with Gasteiger partial charge in [-0.05, 0) is 30.5 Å². The molecule has 5 heteroatoms. The monoisotopic (exact) mass is 248 g/mol. The first-order valence-electron chi connectivity index (χ1n) is 5.87. The van der Waals surface area contributed by atoms with Crippen LogP contribution < -0.4 is 15.8 Å². The molecular formula is C13H16N2O3. The van der Waals surface area contributed by atoms with Gasteiger partial charge in [0.15, 0.2) is 6.10 Å². The molecule has 0 aliphatic carbocycles. The van der Waals surface area contributed by atoms with Gasteiger partial charge in [0.05, 0.1) is 5.69 Å². The summed E-state index contributed by atoms with van der Waals surface area (Å²) in [6.45, 7) is 3.61. The van der Waals surface area contributed by atoms with E-state index in [1.807, 2.05) is 19.1 Å². The molecule has 1 heterocycles. The van der Waals surface area contributed by atoms with E-state index in [-0.39, 0.29) is 24.2 Å². The Balaban J connectivity index is 2.24. The number of hydrogen-bond donors (Lipinski definition) is 2. The maximum Gasteiger partial charge on any atom is 0.265 e. The van der Waals surface area contributed by atoms with Crippen LogP contribution in [-0.2, 0) is 9.59 Å². The third kappa shape index (κ3) is 2.45. The predicted octanol–water partition coefficient (Wildman–Crippen LogP) is 1.38. The molecule has 18 heavy (non-hydrogen) atoms. The van der Waals surface area contributed by atoms with E-state index < -0.39 is 6.10 Å². The van der Waals surface area contributed by atoms with E-state index in [4.69, 9.17) is 10.5 Å². The summed E-state index contributed by atoms with van der Waals surface area (Å²) in [6, 6.07) is 5.52. The molecule has 2 atom stereocenters. The number of amides is 2. The quantitative estimate of drug-likeness (QED) is 0.848. The summed E-state index contributed by atoms with van der Waals surface area (Å²) >= 11 is 0. The molecule has 0 fully saturated rings. The van der Waals surface area contributed by atoms with Gasteiger partial charge < -0.3 is 15.8 Å². The van der Waals surface area contributed by atoms with Crippen LogP contribution in [0.2, 0.25) is 0 Å². The van der Waals surface area contributed by atoms with Gasteiger partial charge in [-0.3, -0.25) is 9.59 Å². The maximum atomic E-state index is 11.5. The van der Waals surface area contributed by atoms with E-state index in [2.05, 4.69) is 5.32 Å². The van der Waals surface area contributed by atoms with Crippen molar-refractivity contribution in [3.05, 3.63) is 23.8 Å². The first-order valence-corrected chi connectivity index (χ1v) is 5.87. The summed E-state index contributed by atoms with van der Waals surface area (Å²) in [6.07, 6.45) is -0.198. The summed E-state index contributed by atoms with van der Waals surface area (Å²) in [5.41, 5.74) is 6.77. The standard InChI is InChI=1S/C13H16N2O3/c1-7(5-12(14)16)9-3-4-11-10(6-9)15-13(17)8(2)18-11/h3-4,6-8H,5H2,1-2H3,(H2,14,16)(H,15,17). The van der Waals surface area contributed by atoms with Crippen molar-refractivity contribution in [2.45, 2.75) is 32.3 Å². The van der Waals surface area contributed by atoms with E-state index >= 15 is 0 Å². The molecular weight excluding hydrogens is 232 g/mol. The van der Waals surface area contributed by atoms with Crippen molar-refractivity contribution in [1.82, 2.24) is 0 Å². The predicted molar refractivity (Wildman–Crippen MR) is 67.4 cm³/mol. The number of rotatable bonds is 3. The van der Waals surface area contributed by atoms with E-state index in [0.717, 1.165) is 5.56 Å². The van der Waals surface area contributed by atoms with Gasteiger partial charge in [-0.2, -0.15) is 0 Å². The number of nitrogens with two attached hydrogens (primary N) is 1. The molecule has 1 aliphatic rings. The van der Waals surface area contributed by atoms with Crippen molar-refractivity contribution in [3.8, 4) is 5.75 Å². The van der Waals surface area contributed by atoms with E-state index in [1.165, 1.54) is 0 Å². The number of hydrogen-bond acceptors (Lipinski definition) is 3. The number of ether oxygens (including phenoxy) is 1. The summed E-state index contributed by atoms with van der Waals surface area (Å²) in [7, 11) is 0. The number of carbonyl (C=O) groups excluding carboxylic acids is 2. The second-order valence-corrected chi connectivity index (χ2v) is 4.58. The molecule has 0 radical (unpaired) electrons. The van der Waals surface area contributed by atoms with Crippen LogP contribution in [0.25, 0.3) is 0 Å². The molecule has 3 N–H and O–H groups in total. The molecule has 5 nitrogen and oxygen atoms in total. The normalized spacial score (nSPS) is 19.4. The smallest absolute Gasteiger partial charge is 0.265 e. The lowest BCUT2D eigenvalue weighted by Gasteiger charge is -2.24. The van der Waals surface area contributed by atoms with Gasteiger partial charge in [0, 0.05) is 6.42 Å². The van der Waals surface area contributed by atoms with Crippen LogP contribution in [0.3, 0.4) is 0 Å². The van der Waals surface area contributed by atoms with E-state index in [1.54, 1.807) is 13.0 Å². The minimum Gasteiger partial charge on any atom is -0.479 e. The Kier molecular flexibility index (Phi) is 3.23. The molecule has 2 rings (SSSR count). The Morgan fingerprint density at radius 2 is 2.28 bits per heavy atom. The Morgan fingerprint density at radius 3 is 2.94 bits per heavy atom. The van der Waals surface area contributed by atoms with Gasteiger partial charge in [0.25, 0.3) is 5.91 Å². The van der Waals surface area contributed by atoms with Gasteiger partial charge >= 0.3 is 0 Å². The fraction of sp³-hybridized carbons (Fsp3) is 0.385. The molecule has 2 amide bonds. The van der Waals surface area contributed by atoms with Gasteiger partial charge in [-0.25, -0.2) is 0 Å². The number of nitrogens with one attached hydrogen (secondary N) is 1. The lowest BCUT2D eigenvalue weighted by atomic mass is 9.96. The fourth-order valence-electron chi connectivity index (χ4n) is 1.95. The molecule has 96 valence electrons. The Labute approximate surface area is 105 Å². The lowest BCUT2D eigenvalue weighted by molar-refractivity contribution is -0.122. The third-order valence-electron chi connectivity index (χ3n) is 3.01. The zero-order valence-electron chi connectivity index (χ0n) is 10.4. The highest BCUT2D eigenvalue weighted by atomic mass is 16.5. The van der Waals surface area contributed by atoms with Crippen molar-refractivity contribution < 1.29 is 14.3 Å². The first-order chi connectivity index (χ1) is 8.47. The average Bonchev–Trinajstić information content (AvgIpc) is 2.29. The van der Waals surface area contributed by atoms with Crippen molar-refractivity contribution in [3.63, 3.8) is 0 Å². The molecule has 1 aromatic rings. The summed E-state index contributed by atoms with van der Waals surface area (Å²) in [5, 5.41) is 2.78. The highest BCUT2D eigenvalue weighted by Gasteiger charge is 2.24. The highest BCUT2D eigenvalue weighted by Crippen LogP contribution is 2.33. The van der Waals surface area contributed by atoms with Gasteiger partial charge in [0.2, 0.25) is 5.91 Å². The number of primary amides is 1. The minimum atomic E-state index is -0.480. The zero-order chi connectivity index (χ0) is 13.3. The number of fused-ring (bicyclic) bond motifs is 1. The van der Waals surface area contributed by atoms with Gasteiger partial charge in [-0.15, -0.1) is 0 Å². The average molecular weight is 248 g/mol. The molecule has 0 bridgehead atoms. The van der Waals surface area contributed by atoms with Crippen LogP contribution in [-0.4, -0.2) is 17.9 Å². The molecule has 0 aromatic heterocycles. The molecule has 0 spiro atoms. The Morgan fingerprint density at radius 1 is 1.56 bits per heavy atom. The van der Waals surface area contributed by atoms with Crippen LogP contribution in [0.4, 0.5) is 5.69 Å². The molecule has 2 unspecified atom stereocenters. The summed E-state index contributed by atoms with van der Waals surface area (Å²) in [4.78, 5) is 22.4. The van der Waals surface area contributed by atoms with Crippen LogP contribution in [0.5, 0.6) is 5.75 Å². The second-order valence-electron chi connectivity index (χ2n) is 4.58. The Hall–Kier alpha value is -2.04. The molecule has 0 saturated heterocycles. The Bertz CT molecular complexity index is 499. The van der Waals surface area contributed by atoms with Crippen molar-refractivity contribution in [2.75, 3.05) is 5.32 Å². The van der Waals surface area contributed by atoms with Crippen molar-refractivity contribution in [2.24, 2.45) is 5.73 Å². The van der Waals surface area contributed by atoms with Crippen LogP contribution in [0.15, 0.2) is 18.2 Å². The molecule has 1 aromatic carbocycles. The van der Waals surface area contributed by atoms with Crippen LogP contribution >= 0.6 is 0 Å². The number of anilines is 1. The second kappa shape index (κ2) is 4.68. The van der Waals surface area contributed by atoms with Crippen LogP contribution in [0.1, 0.15) is 31.7 Å². The van der Waals surface area contributed by atoms with Crippen LogP contribution in [0, 0.1) is 0 Å². The van der Waals surface area contributed by atoms with E-state index in [0.29, 0.717) is 11.4 Å². The lowest BCUT2D eigenvalue weighted by Crippen LogP contribution is -2.34. The minimum absolute atomic E-state index is 0.0176. The SMILES string of the molecule is CC1Oc2ccc(C(C)CC(N)=O)cc2NC1=O. The summed E-state index contributed by atoms with van der Waals surface area (Å²) < 4.78 is 5.46. The highest BCUT2D eigenvalue weighted by molar-refractivity contribution is 5.97. The van der Waals surface area contributed by atoms with Gasteiger partial charge in [-0.1, -0.05) is 13.0 Å². The zero-order valence-corrected chi connectivity index (χ0v) is 10.4. The number of carbonyl (C=O) groups is 2. The topological polar surface area (TPSA) is 81.4 Å². The van der Waals surface area contributed by atoms with E-state index in [9.17, 15) is 9.59 Å². The fourth-order valence-corrected chi connectivity index (χ4v) is 1.95. The third-order valence-corrected chi connectivity index (χ3v) is 3.01.